The van der Waals surface area contributed by atoms with Crippen LogP contribution in [0.1, 0.15) is 38.5 Å². The van der Waals surface area contributed by atoms with Crippen LogP contribution in [0.2, 0.25) is 0 Å². The number of carbonyl (C=O) groups is 2. The van der Waals surface area contributed by atoms with Gasteiger partial charge in [0.15, 0.2) is 5.78 Å². The second kappa shape index (κ2) is 6.04. The number of aliphatic hydroxyl groups is 1. The van der Waals surface area contributed by atoms with E-state index in [0.717, 1.165) is 32.1 Å². The van der Waals surface area contributed by atoms with Crippen molar-refractivity contribution in [3.05, 3.63) is 23.5 Å². The topological polar surface area (TPSA) is 63.6 Å². The van der Waals surface area contributed by atoms with Gasteiger partial charge in [-0.1, -0.05) is 11.6 Å². The zero-order valence-corrected chi connectivity index (χ0v) is 11.2. The molecule has 0 aromatic rings. The maximum absolute atomic E-state index is 11.6. The zero-order chi connectivity index (χ0) is 13.8. The Balaban J connectivity index is 1.77. The van der Waals surface area contributed by atoms with Crippen LogP contribution in [0.4, 0.5) is 0 Å². The van der Waals surface area contributed by atoms with Crippen molar-refractivity contribution >= 4 is 11.8 Å². The molecular weight excluding hydrogens is 244 g/mol. The number of esters is 1. The number of rotatable bonds is 5. The lowest BCUT2D eigenvalue weighted by molar-refractivity contribution is -0.140. The Morgan fingerprint density at radius 3 is 2.95 bits per heavy atom. The summed E-state index contributed by atoms with van der Waals surface area (Å²) >= 11 is 0. The standard InChI is InChI=1S/C15H20O4/c1-19-15(18)5-3-2-4-10-6-7-11-12(8-10)14(17)9-13(11)16/h6,9,11-12,17H,2-5,7-8H2,1H3. The molecule has 2 aliphatic carbocycles. The van der Waals surface area contributed by atoms with Crippen molar-refractivity contribution in [2.24, 2.45) is 11.8 Å². The van der Waals surface area contributed by atoms with Crippen LogP contribution in [-0.2, 0) is 14.3 Å². The smallest absolute Gasteiger partial charge is 0.305 e. The van der Waals surface area contributed by atoms with Crippen LogP contribution in [0.3, 0.4) is 0 Å². The molecule has 0 heterocycles. The molecule has 0 fully saturated rings. The molecule has 0 saturated carbocycles. The molecule has 4 nitrogen and oxygen atoms in total. The number of hydrogen-bond donors (Lipinski definition) is 1. The third-order valence-electron chi connectivity index (χ3n) is 4.02. The highest BCUT2D eigenvalue weighted by Gasteiger charge is 2.37. The van der Waals surface area contributed by atoms with E-state index < -0.39 is 0 Å². The molecule has 0 aromatic carbocycles. The average Bonchev–Trinajstić information content (AvgIpc) is 2.69. The number of allylic oxidation sites excluding steroid dienone is 4. The van der Waals surface area contributed by atoms with E-state index in [9.17, 15) is 14.7 Å². The molecular formula is C15H20O4. The van der Waals surface area contributed by atoms with Crippen LogP contribution >= 0.6 is 0 Å². The van der Waals surface area contributed by atoms with E-state index in [1.165, 1.54) is 18.8 Å². The number of aliphatic hydroxyl groups excluding tert-OH is 1. The summed E-state index contributed by atoms with van der Waals surface area (Å²) in [6.45, 7) is 0. The van der Waals surface area contributed by atoms with E-state index in [0.29, 0.717) is 6.42 Å². The third-order valence-corrected chi connectivity index (χ3v) is 4.02. The van der Waals surface area contributed by atoms with Crippen molar-refractivity contribution in [1.82, 2.24) is 0 Å². The third kappa shape index (κ3) is 3.25. The first-order valence-electron chi connectivity index (χ1n) is 6.81. The van der Waals surface area contributed by atoms with Crippen LogP contribution in [0.5, 0.6) is 0 Å². The maximum Gasteiger partial charge on any atom is 0.305 e. The quantitative estimate of drug-likeness (QED) is 0.471. The Bertz CT molecular complexity index is 433. The van der Waals surface area contributed by atoms with Gasteiger partial charge >= 0.3 is 5.97 Å². The molecule has 2 aliphatic rings. The van der Waals surface area contributed by atoms with Gasteiger partial charge in [-0.15, -0.1) is 0 Å². The molecule has 0 amide bonds. The van der Waals surface area contributed by atoms with Crippen molar-refractivity contribution in [2.75, 3.05) is 7.11 Å². The number of methoxy groups -OCH3 is 1. The summed E-state index contributed by atoms with van der Waals surface area (Å²) in [7, 11) is 1.40. The largest absolute Gasteiger partial charge is 0.512 e. The van der Waals surface area contributed by atoms with Gasteiger partial charge < -0.3 is 9.84 Å². The summed E-state index contributed by atoms with van der Waals surface area (Å²) in [5.74, 6) is 0.0882. The molecule has 104 valence electrons. The fourth-order valence-corrected chi connectivity index (χ4v) is 2.88. The molecule has 0 spiro atoms. The predicted molar refractivity (Wildman–Crippen MR) is 70.5 cm³/mol. The Kier molecular flexibility index (Phi) is 4.40. The summed E-state index contributed by atoms with van der Waals surface area (Å²) in [4.78, 5) is 22.6. The first kappa shape index (κ1) is 13.8. The molecule has 0 aliphatic heterocycles. The normalized spacial score (nSPS) is 25.6. The molecule has 2 rings (SSSR count). The van der Waals surface area contributed by atoms with Gasteiger partial charge in [-0.2, -0.15) is 0 Å². The fraction of sp³-hybridized carbons (Fsp3) is 0.600. The van der Waals surface area contributed by atoms with Crippen LogP contribution in [-0.4, -0.2) is 24.0 Å². The average molecular weight is 264 g/mol. The van der Waals surface area contributed by atoms with Gasteiger partial charge in [0.25, 0.3) is 0 Å². The predicted octanol–water partition coefficient (Wildman–Crippen LogP) is 2.70. The van der Waals surface area contributed by atoms with E-state index in [-0.39, 0.29) is 29.3 Å². The first-order valence-corrected chi connectivity index (χ1v) is 6.81. The number of hydrogen-bond acceptors (Lipinski definition) is 4. The molecule has 4 heteroatoms. The highest BCUT2D eigenvalue weighted by atomic mass is 16.5. The van der Waals surface area contributed by atoms with Crippen molar-refractivity contribution in [3.63, 3.8) is 0 Å². The summed E-state index contributed by atoms with van der Waals surface area (Å²) in [6, 6.07) is 0. The van der Waals surface area contributed by atoms with Gasteiger partial charge in [0.2, 0.25) is 0 Å². The summed E-state index contributed by atoms with van der Waals surface area (Å²) in [5.41, 5.74) is 1.29. The van der Waals surface area contributed by atoms with Crippen LogP contribution in [0.25, 0.3) is 0 Å². The van der Waals surface area contributed by atoms with Crippen molar-refractivity contribution in [2.45, 2.75) is 38.5 Å². The maximum atomic E-state index is 11.6. The molecule has 0 bridgehead atoms. The Labute approximate surface area is 113 Å². The fourth-order valence-electron chi connectivity index (χ4n) is 2.88. The van der Waals surface area contributed by atoms with E-state index in [4.69, 9.17) is 0 Å². The molecule has 1 N–H and O–H groups in total. The lowest BCUT2D eigenvalue weighted by Gasteiger charge is -2.25. The molecule has 0 saturated heterocycles. The van der Waals surface area contributed by atoms with E-state index >= 15 is 0 Å². The number of ketones is 1. The van der Waals surface area contributed by atoms with Gasteiger partial charge in [0, 0.05) is 24.3 Å². The van der Waals surface area contributed by atoms with Crippen LogP contribution in [0.15, 0.2) is 23.5 Å². The van der Waals surface area contributed by atoms with Gasteiger partial charge in [-0.25, -0.2) is 0 Å². The Hall–Kier alpha value is -1.58. The second-order valence-corrected chi connectivity index (χ2v) is 5.27. The minimum Gasteiger partial charge on any atom is -0.512 e. The number of ether oxygens (including phenoxy) is 1. The number of unbranched alkanes of at least 4 members (excludes halogenated alkanes) is 1. The Morgan fingerprint density at radius 2 is 2.21 bits per heavy atom. The summed E-state index contributed by atoms with van der Waals surface area (Å²) in [6.07, 6.45) is 8.16. The van der Waals surface area contributed by atoms with Crippen molar-refractivity contribution in [3.8, 4) is 0 Å². The lowest BCUT2D eigenvalue weighted by Crippen LogP contribution is -2.21. The number of fused-ring (bicyclic) bond motifs is 1. The zero-order valence-electron chi connectivity index (χ0n) is 11.2. The van der Waals surface area contributed by atoms with Crippen LogP contribution < -0.4 is 0 Å². The SMILES string of the molecule is COC(=O)CCCCC1=CCC2C(=O)C=C(O)C2C1. The highest BCUT2D eigenvalue weighted by molar-refractivity contribution is 5.95. The van der Waals surface area contributed by atoms with Crippen molar-refractivity contribution in [1.29, 1.82) is 0 Å². The van der Waals surface area contributed by atoms with E-state index in [1.807, 2.05) is 0 Å². The second-order valence-electron chi connectivity index (χ2n) is 5.27. The lowest BCUT2D eigenvalue weighted by atomic mass is 9.79. The molecule has 2 unspecified atom stereocenters. The first-order chi connectivity index (χ1) is 9.11. The van der Waals surface area contributed by atoms with E-state index in [2.05, 4.69) is 10.8 Å². The molecule has 0 aromatic heterocycles. The van der Waals surface area contributed by atoms with Gasteiger partial charge in [0.05, 0.1) is 12.9 Å². The monoisotopic (exact) mass is 264 g/mol. The van der Waals surface area contributed by atoms with E-state index in [1.54, 1.807) is 0 Å². The van der Waals surface area contributed by atoms with Gasteiger partial charge in [-0.05, 0) is 32.1 Å². The van der Waals surface area contributed by atoms with Crippen molar-refractivity contribution < 1.29 is 19.4 Å². The summed E-state index contributed by atoms with van der Waals surface area (Å²) < 4.78 is 4.59. The van der Waals surface area contributed by atoms with Crippen LogP contribution in [0, 0.1) is 11.8 Å². The van der Waals surface area contributed by atoms with Gasteiger partial charge in [0.1, 0.15) is 0 Å². The Morgan fingerprint density at radius 1 is 1.42 bits per heavy atom. The molecule has 2 atom stereocenters. The molecule has 0 radical (unpaired) electrons. The minimum absolute atomic E-state index is 0.00638. The highest BCUT2D eigenvalue weighted by Crippen LogP contribution is 2.40. The van der Waals surface area contributed by atoms with Gasteiger partial charge in [-0.3, -0.25) is 9.59 Å². The molecule has 19 heavy (non-hydrogen) atoms. The number of carbonyl (C=O) groups excluding carboxylic acids is 2. The minimum atomic E-state index is -0.167. The summed E-state index contributed by atoms with van der Waals surface area (Å²) in [5, 5.41) is 9.74.